The zero-order chi connectivity index (χ0) is 20.5. The average Bonchev–Trinajstić information content (AvgIpc) is 2.78. The van der Waals surface area contributed by atoms with Crippen molar-refractivity contribution in [3.8, 4) is 11.5 Å². The summed E-state index contributed by atoms with van der Waals surface area (Å²) in [6.07, 6.45) is 5.03. The number of anilines is 1. The molecule has 0 bridgehead atoms. The number of carbonyl (C=O) groups excluding carboxylic acids is 1. The molecule has 0 radical (unpaired) electrons. The summed E-state index contributed by atoms with van der Waals surface area (Å²) in [6, 6.07) is 15.5. The first-order valence-corrected chi connectivity index (χ1v) is 10.4. The van der Waals surface area contributed by atoms with Gasteiger partial charge in [0.05, 0.1) is 19.1 Å². The van der Waals surface area contributed by atoms with Crippen LogP contribution in [-0.2, 0) is 14.9 Å². The molecule has 1 aliphatic rings. The van der Waals surface area contributed by atoms with Crippen molar-refractivity contribution in [2.45, 2.75) is 44.4 Å². The number of nitrogens with one attached hydrogen (secondary N) is 1. The molecular weight excluding hydrogens is 366 g/mol. The standard InChI is InChI=1S/C24H31NO4/c1-3-28-17-18-29-22-13-9-20(10-14-22)25-23(26)24(15-5-4-6-16-24)19-7-11-21(27-2)12-8-19/h7-14H,3-6,15-18H2,1-2H3,(H,25,26). The summed E-state index contributed by atoms with van der Waals surface area (Å²) in [5.41, 5.74) is 1.36. The molecule has 2 aromatic rings. The summed E-state index contributed by atoms with van der Waals surface area (Å²) in [4.78, 5) is 13.4. The van der Waals surface area contributed by atoms with E-state index in [4.69, 9.17) is 14.2 Å². The second-order valence-corrected chi connectivity index (χ2v) is 7.40. The molecule has 0 atom stereocenters. The quantitative estimate of drug-likeness (QED) is 0.608. The zero-order valence-electron chi connectivity index (χ0n) is 17.4. The second kappa shape index (κ2) is 10.3. The number of benzene rings is 2. The van der Waals surface area contributed by atoms with Crippen molar-refractivity contribution in [1.82, 2.24) is 0 Å². The Balaban J connectivity index is 1.70. The third-order valence-corrected chi connectivity index (χ3v) is 5.60. The fourth-order valence-corrected chi connectivity index (χ4v) is 3.96. The summed E-state index contributed by atoms with van der Waals surface area (Å²) in [5.74, 6) is 1.64. The normalized spacial score (nSPS) is 15.5. The Hall–Kier alpha value is -2.53. The van der Waals surface area contributed by atoms with Crippen LogP contribution in [-0.4, -0.2) is 32.8 Å². The number of hydrogen-bond acceptors (Lipinski definition) is 4. The zero-order valence-corrected chi connectivity index (χ0v) is 17.4. The number of ether oxygens (including phenoxy) is 3. The first kappa shape index (κ1) is 21.2. The van der Waals surface area contributed by atoms with Gasteiger partial charge >= 0.3 is 0 Å². The fraction of sp³-hybridized carbons (Fsp3) is 0.458. The molecule has 5 nitrogen and oxygen atoms in total. The Morgan fingerprint density at radius 1 is 0.931 bits per heavy atom. The Morgan fingerprint density at radius 2 is 1.59 bits per heavy atom. The minimum absolute atomic E-state index is 0.0624. The van der Waals surface area contributed by atoms with Gasteiger partial charge in [-0.1, -0.05) is 31.4 Å². The predicted octanol–water partition coefficient (Wildman–Crippen LogP) is 4.95. The Bertz CT molecular complexity index is 764. The van der Waals surface area contributed by atoms with Crippen LogP contribution in [0.1, 0.15) is 44.6 Å². The SMILES string of the molecule is CCOCCOc1ccc(NC(=O)C2(c3ccc(OC)cc3)CCCCC2)cc1. The molecule has 1 saturated carbocycles. The van der Waals surface area contributed by atoms with Gasteiger partial charge in [-0.15, -0.1) is 0 Å². The van der Waals surface area contributed by atoms with Gasteiger partial charge in [-0.05, 0) is 61.7 Å². The van der Waals surface area contributed by atoms with Gasteiger partial charge in [0.15, 0.2) is 0 Å². The van der Waals surface area contributed by atoms with Crippen molar-refractivity contribution < 1.29 is 19.0 Å². The van der Waals surface area contributed by atoms with Crippen molar-refractivity contribution in [1.29, 1.82) is 0 Å². The minimum atomic E-state index is -0.489. The molecule has 1 N–H and O–H groups in total. The molecule has 3 rings (SSSR count). The number of rotatable bonds is 9. The second-order valence-electron chi connectivity index (χ2n) is 7.40. The summed E-state index contributed by atoms with van der Waals surface area (Å²) in [7, 11) is 1.66. The molecule has 0 heterocycles. The lowest BCUT2D eigenvalue weighted by molar-refractivity contribution is -0.122. The average molecular weight is 398 g/mol. The number of methoxy groups -OCH3 is 1. The van der Waals surface area contributed by atoms with E-state index < -0.39 is 5.41 Å². The highest BCUT2D eigenvalue weighted by Gasteiger charge is 2.41. The van der Waals surface area contributed by atoms with Crippen molar-refractivity contribution >= 4 is 11.6 Å². The highest BCUT2D eigenvalue weighted by molar-refractivity contribution is 5.99. The van der Waals surface area contributed by atoms with E-state index in [9.17, 15) is 4.79 Å². The monoisotopic (exact) mass is 397 g/mol. The molecule has 0 spiro atoms. The molecule has 1 amide bonds. The van der Waals surface area contributed by atoms with Crippen LogP contribution >= 0.6 is 0 Å². The van der Waals surface area contributed by atoms with Crippen LogP contribution < -0.4 is 14.8 Å². The molecule has 0 unspecified atom stereocenters. The van der Waals surface area contributed by atoms with Crippen LogP contribution in [0.15, 0.2) is 48.5 Å². The molecule has 29 heavy (non-hydrogen) atoms. The van der Waals surface area contributed by atoms with E-state index >= 15 is 0 Å². The lowest BCUT2D eigenvalue weighted by Gasteiger charge is -2.36. The molecular formula is C24H31NO4. The highest BCUT2D eigenvalue weighted by Crippen LogP contribution is 2.41. The maximum Gasteiger partial charge on any atom is 0.235 e. The van der Waals surface area contributed by atoms with Crippen molar-refractivity contribution in [2.75, 3.05) is 32.2 Å². The third kappa shape index (κ3) is 5.30. The van der Waals surface area contributed by atoms with Gasteiger partial charge in [-0.25, -0.2) is 0 Å². The van der Waals surface area contributed by atoms with E-state index in [1.54, 1.807) is 7.11 Å². The van der Waals surface area contributed by atoms with Crippen LogP contribution in [0.5, 0.6) is 11.5 Å². The van der Waals surface area contributed by atoms with Gasteiger partial charge in [0, 0.05) is 12.3 Å². The van der Waals surface area contributed by atoms with E-state index in [2.05, 4.69) is 5.32 Å². The van der Waals surface area contributed by atoms with Crippen molar-refractivity contribution in [2.24, 2.45) is 0 Å². The lowest BCUT2D eigenvalue weighted by atomic mass is 9.68. The highest BCUT2D eigenvalue weighted by atomic mass is 16.5. The van der Waals surface area contributed by atoms with Gasteiger partial charge in [0.1, 0.15) is 18.1 Å². The summed E-state index contributed by atoms with van der Waals surface area (Å²) in [6.45, 7) is 3.73. The maximum absolute atomic E-state index is 13.4. The molecule has 0 saturated heterocycles. The summed E-state index contributed by atoms with van der Waals surface area (Å²) in [5, 5.41) is 3.13. The minimum Gasteiger partial charge on any atom is -0.497 e. The van der Waals surface area contributed by atoms with Gasteiger partial charge in [0.2, 0.25) is 5.91 Å². The first-order chi connectivity index (χ1) is 14.2. The summed E-state index contributed by atoms with van der Waals surface area (Å²) >= 11 is 0. The molecule has 156 valence electrons. The first-order valence-electron chi connectivity index (χ1n) is 10.4. The van der Waals surface area contributed by atoms with Crippen LogP contribution in [0, 0.1) is 0 Å². The molecule has 1 fully saturated rings. The molecule has 0 aliphatic heterocycles. The van der Waals surface area contributed by atoms with E-state index in [0.29, 0.717) is 19.8 Å². The van der Waals surface area contributed by atoms with E-state index in [0.717, 1.165) is 48.4 Å². The van der Waals surface area contributed by atoms with E-state index in [1.807, 2.05) is 55.5 Å². The van der Waals surface area contributed by atoms with Crippen molar-refractivity contribution in [3.05, 3.63) is 54.1 Å². The van der Waals surface area contributed by atoms with Crippen molar-refractivity contribution in [3.63, 3.8) is 0 Å². The summed E-state index contributed by atoms with van der Waals surface area (Å²) < 4.78 is 16.2. The lowest BCUT2D eigenvalue weighted by Crippen LogP contribution is -2.42. The van der Waals surface area contributed by atoms with Gasteiger partial charge in [-0.3, -0.25) is 4.79 Å². The molecule has 2 aromatic carbocycles. The Kier molecular flexibility index (Phi) is 7.53. The van der Waals surface area contributed by atoms with Crippen LogP contribution in [0.4, 0.5) is 5.69 Å². The smallest absolute Gasteiger partial charge is 0.235 e. The number of amides is 1. The number of carbonyl (C=O) groups is 1. The fourth-order valence-electron chi connectivity index (χ4n) is 3.96. The van der Waals surface area contributed by atoms with Gasteiger partial charge < -0.3 is 19.5 Å². The number of hydrogen-bond donors (Lipinski definition) is 1. The Morgan fingerprint density at radius 3 is 2.21 bits per heavy atom. The largest absolute Gasteiger partial charge is 0.497 e. The van der Waals surface area contributed by atoms with E-state index in [1.165, 1.54) is 6.42 Å². The molecule has 1 aliphatic carbocycles. The van der Waals surface area contributed by atoms with Crippen LogP contribution in [0.25, 0.3) is 0 Å². The third-order valence-electron chi connectivity index (χ3n) is 5.60. The maximum atomic E-state index is 13.4. The van der Waals surface area contributed by atoms with Crippen LogP contribution in [0.3, 0.4) is 0 Å². The topological polar surface area (TPSA) is 56.8 Å². The van der Waals surface area contributed by atoms with Gasteiger partial charge in [-0.2, -0.15) is 0 Å². The van der Waals surface area contributed by atoms with Crippen LogP contribution in [0.2, 0.25) is 0 Å². The van der Waals surface area contributed by atoms with Gasteiger partial charge in [0.25, 0.3) is 0 Å². The van der Waals surface area contributed by atoms with E-state index in [-0.39, 0.29) is 5.91 Å². The molecule has 0 aromatic heterocycles. The predicted molar refractivity (Wildman–Crippen MR) is 115 cm³/mol. The Labute approximate surface area is 173 Å². The molecule has 5 heteroatoms.